The van der Waals surface area contributed by atoms with Gasteiger partial charge in [0.25, 0.3) is 5.91 Å². The predicted molar refractivity (Wildman–Crippen MR) is 119 cm³/mol. The van der Waals surface area contributed by atoms with E-state index in [1.807, 2.05) is 36.1 Å². The van der Waals surface area contributed by atoms with Gasteiger partial charge in [-0.25, -0.2) is 0 Å². The maximum absolute atomic E-state index is 13.6. The Morgan fingerprint density at radius 3 is 2.03 bits per heavy atom. The molecule has 3 fully saturated rings. The van der Waals surface area contributed by atoms with Crippen LogP contribution in [0.25, 0.3) is 0 Å². The van der Waals surface area contributed by atoms with Crippen molar-refractivity contribution >= 4 is 11.8 Å². The topological polar surface area (TPSA) is 43.9 Å². The monoisotopic (exact) mass is 411 g/mol. The van der Waals surface area contributed by atoms with Gasteiger partial charge in [-0.05, 0) is 56.6 Å². The number of carbonyl (C=O) groups is 2. The molecule has 5 heteroatoms. The molecule has 2 heterocycles. The molecule has 2 aliphatic heterocycles. The highest BCUT2D eigenvalue weighted by molar-refractivity contribution is 5.94. The molecule has 0 radical (unpaired) electrons. The van der Waals surface area contributed by atoms with Crippen molar-refractivity contribution in [3.63, 3.8) is 0 Å². The maximum Gasteiger partial charge on any atom is 0.253 e. The first-order valence-corrected chi connectivity index (χ1v) is 11.9. The molecule has 1 aliphatic carbocycles. The Hall–Kier alpha value is -1.88. The molecule has 164 valence electrons. The minimum absolute atomic E-state index is 0.0116. The average Bonchev–Trinajstić information content (AvgIpc) is 3.29. The summed E-state index contributed by atoms with van der Waals surface area (Å²) >= 11 is 0. The second-order valence-electron chi connectivity index (χ2n) is 9.69. The first kappa shape index (κ1) is 21.4. The third-order valence-electron chi connectivity index (χ3n) is 7.49. The van der Waals surface area contributed by atoms with E-state index in [-0.39, 0.29) is 11.9 Å². The smallest absolute Gasteiger partial charge is 0.253 e. The van der Waals surface area contributed by atoms with E-state index in [0.717, 1.165) is 50.5 Å². The number of nitrogens with zero attached hydrogens (tertiary/aromatic N) is 3. The summed E-state index contributed by atoms with van der Waals surface area (Å²) < 4.78 is 0. The Balaban J connectivity index is 1.41. The number of piperazine rings is 1. The number of hydrogen-bond acceptors (Lipinski definition) is 3. The molecule has 2 saturated heterocycles. The van der Waals surface area contributed by atoms with Gasteiger partial charge in [-0.15, -0.1) is 0 Å². The largest absolute Gasteiger partial charge is 0.341 e. The third kappa shape index (κ3) is 4.72. The van der Waals surface area contributed by atoms with E-state index >= 15 is 0 Å². The zero-order valence-electron chi connectivity index (χ0n) is 18.7. The number of carbonyl (C=O) groups excluding carboxylic acids is 2. The van der Waals surface area contributed by atoms with E-state index < -0.39 is 0 Å². The molecule has 0 aromatic heterocycles. The van der Waals surface area contributed by atoms with Gasteiger partial charge in [0.05, 0.1) is 6.04 Å². The summed E-state index contributed by atoms with van der Waals surface area (Å²) in [4.78, 5) is 32.9. The van der Waals surface area contributed by atoms with Crippen LogP contribution in [0.4, 0.5) is 0 Å². The summed E-state index contributed by atoms with van der Waals surface area (Å²) in [5.74, 6) is 1.68. The summed E-state index contributed by atoms with van der Waals surface area (Å²) in [5.41, 5.74) is 1.93. The van der Waals surface area contributed by atoms with Crippen LogP contribution in [0.15, 0.2) is 24.3 Å². The van der Waals surface area contributed by atoms with Crippen molar-refractivity contribution in [3.8, 4) is 0 Å². The zero-order chi connectivity index (χ0) is 21.1. The minimum atomic E-state index is 0.0116. The number of hydrogen-bond donors (Lipinski definition) is 0. The Morgan fingerprint density at radius 1 is 0.833 bits per heavy atom. The number of benzene rings is 1. The van der Waals surface area contributed by atoms with Crippen LogP contribution in [0.3, 0.4) is 0 Å². The molecule has 0 bridgehead atoms. The first-order valence-electron chi connectivity index (χ1n) is 11.9. The Bertz CT molecular complexity index is 725. The van der Waals surface area contributed by atoms with Crippen molar-refractivity contribution in [2.24, 2.45) is 11.8 Å². The van der Waals surface area contributed by atoms with Crippen molar-refractivity contribution in [2.45, 2.75) is 58.4 Å². The van der Waals surface area contributed by atoms with Gasteiger partial charge in [0.1, 0.15) is 0 Å². The standard InChI is InChI=1S/C25H37N3O2/c1-19-7-9-22(10-8-19)24(29)28-17-15-26(16-18-28)23(21-5-3-4-6-21)25(30)27-13-11-20(2)12-14-27/h7-10,20-21,23H,3-6,11-18H2,1-2H3. The molecule has 0 N–H and O–H groups in total. The fraction of sp³-hybridized carbons (Fsp3) is 0.680. The quantitative estimate of drug-likeness (QED) is 0.761. The molecule has 1 unspecified atom stereocenters. The van der Waals surface area contributed by atoms with Crippen LogP contribution in [0, 0.1) is 18.8 Å². The Kier molecular flexibility index (Phi) is 6.77. The van der Waals surface area contributed by atoms with Gasteiger partial charge in [0.2, 0.25) is 5.91 Å². The van der Waals surface area contributed by atoms with Crippen LogP contribution in [-0.4, -0.2) is 71.8 Å². The molecule has 4 rings (SSSR count). The van der Waals surface area contributed by atoms with E-state index in [1.165, 1.54) is 31.2 Å². The van der Waals surface area contributed by atoms with E-state index in [9.17, 15) is 9.59 Å². The van der Waals surface area contributed by atoms with Crippen LogP contribution < -0.4 is 0 Å². The molecule has 30 heavy (non-hydrogen) atoms. The minimum Gasteiger partial charge on any atom is -0.341 e. The van der Waals surface area contributed by atoms with Crippen molar-refractivity contribution in [3.05, 3.63) is 35.4 Å². The van der Waals surface area contributed by atoms with Crippen LogP contribution in [0.5, 0.6) is 0 Å². The third-order valence-corrected chi connectivity index (χ3v) is 7.49. The lowest BCUT2D eigenvalue weighted by atomic mass is 9.92. The zero-order valence-corrected chi connectivity index (χ0v) is 18.7. The van der Waals surface area contributed by atoms with Crippen LogP contribution in [-0.2, 0) is 4.79 Å². The second-order valence-corrected chi connectivity index (χ2v) is 9.69. The lowest BCUT2D eigenvalue weighted by Gasteiger charge is -2.43. The molecule has 0 spiro atoms. The van der Waals surface area contributed by atoms with Gasteiger partial charge in [0.15, 0.2) is 0 Å². The SMILES string of the molecule is Cc1ccc(C(=O)N2CCN(C(C(=O)N3CCC(C)CC3)C3CCCC3)CC2)cc1. The fourth-order valence-electron chi connectivity index (χ4n) is 5.43. The molecule has 5 nitrogen and oxygen atoms in total. The van der Waals surface area contributed by atoms with E-state index in [1.54, 1.807) is 0 Å². The first-order chi connectivity index (χ1) is 14.5. The molecule has 1 aromatic carbocycles. The van der Waals surface area contributed by atoms with Gasteiger partial charge in [-0.2, -0.15) is 0 Å². The average molecular weight is 412 g/mol. The Morgan fingerprint density at radius 2 is 1.43 bits per heavy atom. The van der Waals surface area contributed by atoms with Crippen LogP contribution in [0.2, 0.25) is 0 Å². The van der Waals surface area contributed by atoms with E-state index in [0.29, 0.717) is 24.9 Å². The van der Waals surface area contributed by atoms with E-state index in [4.69, 9.17) is 0 Å². The van der Waals surface area contributed by atoms with Crippen LogP contribution >= 0.6 is 0 Å². The number of likely N-dealkylation sites (tertiary alicyclic amines) is 1. The van der Waals surface area contributed by atoms with E-state index in [2.05, 4.69) is 16.7 Å². The molecule has 1 aromatic rings. The fourth-order valence-corrected chi connectivity index (χ4v) is 5.43. The van der Waals surface area contributed by atoms with Gasteiger partial charge < -0.3 is 9.80 Å². The van der Waals surface area contributed by atoms with Crippen molar-refractivity contribution in [1.82, 2.24) is 14.7 Å². The number of rotatable bonds is 4. The number of piperidine rings is 1. The molecule has 3 aliphatic rings. The summed E-state index contributed by atoms with van der Waals surface area (Å²) in [7, 11) is 0. The van der Waals surface area contributed by atoms with Gasteiger partial charge in [-0.1, -0.05) is 37.5 Å². The lowest BCUT2D eigenvalue weighted by molar-refractivity contribution is -0.141. The van der Waals surface area contributed by atoms with Gasteiger partial charge in [-0.3, -0.25) is 14.5 Å². The van der Waals surface area contributed by atoms with Crippen LogP contribution in [0.1, 0.15) is 61.4 Å². The van der Waals surface area contributed by atoms with Gasteiger partial charge in [0, 0.05) is 44.8 Å². The van der Waals surface area contributed by atoms with Crippen molar-refractivity contribution < 1.29 is 9.59 Å². The number of amides is 2. The summed E-state index contributed by atoms with van der Waals surface area (Å²) in [6, 6.07) is 7.85. The predicted octanol–water partition coefficient (Wildman–Crippen LogP) is 3.57. The molecule has 1 saturated carbocycles. The normalized spacial score (nSPS) is 23.0. The van der Waals surface area contributed by atoms with Crippen molar-refractivity contribution in [2.75, 3.05) is 39.3 Å². The molecular weight excluding hydrogens is 374 g/mol. The van der Waals surface area contributed by atoms with Crippen molar-refractivity contribution in [1.29, 1.82) is 0 Å². The number of aryl methyl sites for hydroxylation is 1. The summed E-state index contributed by atoms with van der Waals surface area (Å²) in [5, 5.41) is 0. The highest BCUT2D eigenvalue weighted by Gasteiger charge is 2.39. The highest BCUT2D eigenvalue weighted by Crippen LogP contribution is 2.33. The lowest BCUT2D eigenvalue weighted by Crippen LogP contribution is -2.59. The van der Waals surface area contributed by atoms with Gasteiger partial charge >= 0.3 is 0 Å². The summed E-state index contributed by atoms with van der Waals surface area (Å²) in [6.45, 7) is 9.17. The molecular formula is C25H37N3O2. The summed E-state index contributed by atoms with van der Waals surface area (Å²) in [6.07, 6.45) is 7.09. The highest BCUT2D eigenvalue weighted by atomic mass is 16.2. The molecule has 1 atom stereocenters. The second kappa shape index (κ2) is 9.51. The maximum atomic E-state index is 13.6. The Labute approximate surface area is 181 Å². The molecule has 2 amide bonds.